The Hall–Kier alpha value is -1.17. The van der Waals surface area contributed by atoms with Gasteiger partial charge in [-0.3, -0.25) is 9.48 Å². The van der Waals surface area contributed by atoms with Crippen LogP contribution in [-0.2, 0) is 7.05 Å². The fourth-order valence-corrected chi connectivity index (χ4v) is 2.90. The lowest BCUT2D eigenvalue weighted by atomic mass is 9.84. The van der Waals surface area contributed by atoms with Gasteiger partial charge in [0.15, 0.2) is 0 Å². The maximum Gasteiger partial charge on any atom is 0.256 e. The smallest absolute Gasteiger partial charge is 0.256 e. The lowest BCUT2D eigenvalue weighted by Crippen LogP contribution is -2.45. The molecule has 0 unspecified atom stereocenters. The number of carbonyl (C=O) groups is 1. The lowest BCUT2D eigenvalue weighted by Gasteiger charge is -2.40. The molecule has 0 atom stereocenters. The summed E-state index contributed by atoms with van der Waals surface area (Å²) < 4.78 is 1.75. The Kier molecular flexibility index (Phi) is 3.33. The predicted molar refractivity (Wildman–Crippen MR) is 70.1 cm³/mol. The van der Waals surface area contributed by atoms with Gasteiger partial charge in [-0.2, -0.15) is 16.9 Å². The Bertz CT molecular complexity index is 420. The quantitative estimate of drug-likeness (QED) is 0.841. The van der Waals surface area contributed by atoms with Crippen molar-refractivity contribution >= 4 is 23.5 Å². The number of nitrogen functional groups attached to an aromatic ring is 1. The number of thioether (sulfide) groups is 1. The van der Waals surface area contributed by atoms with Gasteiger partial charge >= 0.3 is 0 Å². The van der Waals surface area contributed by atoms with Gasteiger partial charge < -0.3 is 11.1 Å². The van der Waals surface area contributed by atoms with Crippen LogP contribution in [0.2, 0.25) is 0 Å². The summed E-state index contributed by atoms with van der Waals surface area (Å²) in [6.07, 6.45) is 7.22. The molecule has 0 saturated heterocycles. The minimum Gasteiger partial charge on any atom is -0.383 e. The van der Waals surface area contributed by atoms with Crippen LogP contribution in [0, 0.1) is 0 Å². The Morgan fingerprint density at radius 1 is 1.71 bits per heavy atom. The van der Waals surface area contributed by atoms with E-state index in [1.165, 1.54) is 30.1 Å². The number of nitrogens with two attached hydrogens (primary N) is 1. The van der Waals surface area contributed by atoms with Gasteiger partial charge in [-0.05, 0) is 19.1 Å². The fourth-order valence-electron chi connectivity index (χ4n) is 1.98. The van der Waals surface area contributed by atoms with Crippen molar-refractivity contribution in [1.29, 1.82) is 0 Å². The van der Waals surface area contributed by atoms with Crippen molar-refractivity contribution in [2.45, 2.75) is 24.0 Å². The largest absolute Gasteiger partial charge is 0.383 e. The van der Waals surface area contributed by atoms with Crippen molar-refractivity contribution in [2.75, 3.05) is 18.5 Å². The molecule has 0 spiro atoms. The zero-order valence-electron chi connectivity index (χ0n) is 10.2. The second-order valence-corrected chi connectivity index (χ2v) is 5.76. The van der Waals surface area contributed by atoms with Crippen molar-refractivity contribution < 1.29 is 4.79 Å². The van der Waals surface area contributed by atoms with Gasteiger partial charge in [0.1, 0.15) is 11.4 Å². The van der Waals surface area contributed by atoms with E-state index in [9.17, 15) is 4.79 Å². The number of aromatic nitrogens is 2. The van der Waals surface area contributed by atoms with Crippen molar-refractivity contribution in [1.82, 2.24) is 15.1 Å². The van der Waals surface area contributed by atoms with Crippen LogP contribution >= 0.6 is 11.8 Å². The van der Waals surface area contributed by atoms with Gasteiger partial charge in [0.05, 0.1) is 6.20 Å². The van der Waals surface area contributed by atoms with Gasteiger partial charge in [-0.25, -0.2) is 0 Å². The third-order valence-corrected chi connectivity index (χ3v) is 4.92. The molecule has 0 aromatic carbocycles. The first-order valence-corrected chi connectivity index (χ1v) is 6.91. The predicted octanol–water partition coefficient (Wildman–Crippen LogP) is 1.02. The second-order valence-electron chi connectivity index (χ2n) is 4.49. The lowest BCUT2D eigenvalue weighted by molar-refractivity contribution is 0.0945. The monoisotopic (exact) mass is 254 g/mol. The van der Waals surface area contributed by atoms with Crippen molar-refractivity contribution in [2.24, 2.45) is 7.05 Å². The number of amides is 1. The minimum atomic E-state index is -0.129. The molecular formula is C11H18N4OS. The highest BCUT2D eigenvalue weighted by atomic mass is 32.2. The highest BCUT2D eigenvalue weighted by Gasteiger charge is 2.36. The van der Waals surface area contributed by atoms with Crippen molar-refractivity contribution in [3.8, 4) is 0 Å². The first-order chi connectivity index (χ1) is 8.08. The van der Waals surface area contributed by atoms with E-state index in [0.29, 0.717) is 17.9 Å². The topological polar surface area (TPSA) is 72.9 Å². The summed E-state index contributed by atoms with van der Waals surface area (Å²) in [4.78, 5) is 11.9. The summed E-state index contributed by atoms with van der Waals surface area (Å²) >= 11 is 1.84. The summed E-state index contributed by atoms with van der Waals surface area (Å²) in [5.41, 5.74) is 6.22. The molecule has 1 aliphatic rings. The van der Waals surface area contributed by atoms with E-state index in [-0.39, 0.29) is 10.7 Å². The van der Waals surface area contributed by atoms with Gasteiger partial charge in [0, 0.05) is 18.3 Å². The summed E-state index contributed by atoms with van der Waals surface area (Å²) in [7, 11) is 1.72. The zero-order valence-corrected chi connectivity index (χ0v) is 11.0. The molecular weight excluding hydrogens is 236 g/mol. The highest BCUT2D eigenvalue weighted by Crippen LogP contribution is 2.42. The molecule has 0 radical (unpaired) electrons. The molecule has 1 aromatic rings. The van der Waals surface area contributed by atoms with E-state index in [1.807, 2.05) is 11.8 Å². The third-order valence-electron chi connectivity index (χ3n) is 3.50. The van der Waals surface area contributed by atoms with Crippen molar-refractivity contribution in [3.63, 3.8) is 0 Å². The van der Waals surface area contributed by atoms with Crippen LogP contribution in [0.3, 0.4) is 0 Å². The van der Waals surface area contributed by atoms with Gasteiger partial charge in [-0.1, -0.05) is 6.42 Å². The summed E-state index contributed by atoms with van der Waals surface area (Å²) in [6.45, 7) is 0.710. The Morgan fingerprint density at radius 2 is 2.41 bits per heavy atom. The van der Waals surface area contributed by atoms with Gasteiger partial charge in [-0.15, -0.1) is 0 Å². The molecule has 5 nitrogen and oxygen atoms in total. The summed E-state index contributed by atoms with van der Waals surface area (Å²) in [5.74, 6) is 0.283. The molecule has 0 aliphatic heterocycles. The van der Waals surface area contributed by atoms with Crippen LogP contribution in [0.1, 0.15) is 29.6 Å². The average Bonchev–Trinajstić information content (AvgIpc) is 2.59. The van der Waals surface area contributed by atoms with E-state index in [2.05, 4.69) is 16.7 Å². The number of rotatable bonds is 4. The van der Waals surface area contributed by atoms with Crippen molar-refractivity contribution in [3.05, 3.63) is 11.8 Å². The Morgan fingerprint density at radius 3 is 2.82 bits per heavy atom. The molecule has 0 bridgehead atoms. The van der Waals surface area contributed by atoms with E-state index < -0.39 is 0 Å². The maximum atomic E-state index is 11.9. The average molecular weight is 254 g/mol. The van der Waals surface area contributed by atoms with Crippen LogP contribution in [0.15, 0.2) is 6.20 Å². The van der Waals surface area contributed by atoms with E-state index in [4.69, 9.17) is 5.73 Å². The third kappa shape index (κ3) is 2.26. The number of anilines is 1. The number of hydrogen-bond donors (Lipinski definition) is 2. The molecule has 1 fully saturated rings. The molecule has 94 valence electrons. The fraction of sp³-hybridized carbons (Fsp3) is 0.636. The molecule has 17 heavy (non-hydrogen) atoms. The summed E-state index contributed by atoms with van der Waals surface area (Å²) in [6, 6.07) is 0. The van der Waals surface area contributed by atoms with Crippen LogP contribution in [0.25, 0.3) is 0 Å². The normalized spacial score (nSPS) is 17.5. The first-order valence-electron chi connectivity index (χ1n) is 5.69. The zero-order chi connectivity index (χ0) is 12.5. The first kappa shape index (κ1) is 12.3. The molecule has 1 aromatic heterocycles. The van der Waals surface area contributed by atoms with Crippen LogP contribution in [0.5, 0.6) is 0 Å². The number of hydrogen-bond acceptors (Lipinski definition) is 4. The van der Waals surface area contributed by atoms with Crippen LogP contribution in [-0.4, -0.2) is 33.2 Å². The number of carbonyl (C=O) groups excluding carboxylic acids is 1. The standard InChI is InChI=1S/C11H18N4OS/c1-15-9(12)8(6-14-15)10(16)13-7-11(17-2)4-3-5-11/h6H,3-5,7,12H2,1-2H3,(H,13,16). The number of aryl methyl sites for hydroxylation is 1. The maximum absolute atomic E-state index is 11.9. The molecule has 2 rings (SSSR count). The molecule has 3 N–H and O–H groups in total. The van der Waals surface area contributed by atoms with Gasteiger partial charge in [0.25, 0.3) is 5.91 Å². The Labute approximate surface area is 105 Å². The number of nitrogens with one attached hydrogen (secondary N) is 1. The molecule has 1 amide bonds. The molecule has 1 saturated carbocycles. The number of nitrogens with zero attached hydrogens (tertiary/aromatic N) is 2. The minimum absolute atomic E-state index is 0.129. The SMILES string of the molecule is CSC1(CNC(=O)c2cnn(C)c2N)CCC1. The molecule has 6 heteroatoms. The van der Waals surface area contributed by atoms with E-state index in [1.54, 1.807) is 7.05 Å². The molecule has 1 aliphatic carbocycles. The molecule has 1 heterocycles. The Balaban J connectivity index is 1.96. The highest BCUT2D eigenvalue weighted by molar-refractivity contribution is 8.00. The van der Waals surface area contributed by atoms with Crippen LogP contribution < -0.4 is 11.1 Å². The van der Waals surface area contributed by atoms with E-state index >= 15 is 0 Å². The van der Waals surface area contributed by atoms with E-state index in [0.717, 1.165) is 0 Å². The summed E-state index contributed by atoms with van der Waals surface area (Å²) in [5, 5.41) is 6.92. The van der Waals surface area contributed by atoms with Crippen LogP contribution in [0.4, 0.5) is 5.82 Å². The second kappa shape index (κ2) is 4.60. The van der Waals surface area contributed by atoms with Gasteiger partial charge in [0.2, 0.25) is 0 Å².